The molecule has 0 radical (unpaired) electrons. The zero-order valence-electron chi connectivity index (χ0n) is 12.4. The second-order valence-electron chi connectivity index (χ2n) is 6.03. The van der Waals surface area contributed by atoms with Crippen molar-refractivity contribution in [3.8, 4) is 0 Å². The van der Waals surface area contributed by atoms with Crippen molar-refractivity contribution in [1.82, 2.24) is 14.7 Å². The second kappa shape index (κ2) is 6.15. The fourth-order valence-corrected chi connectivity index (χ4v) is 3.53. The molecule has 21 heavy (non-hydrogen) atoms. The molecule has 0 bridgehead atoms. The molecule has 116 valence electrons. The molecule has 1 aromatic rings. The van der Waals surface area contributed by atoms with E-state index in [0.29, 0.717) is 26.0 Å². The number of aliphatic hydroxyl groups excluding tert-OH is 1. The van der Waals surface area contributed by atoms with E-state index in [0.717, 1.165) is 18.5 Å². The summed E-state index contributed by atoms with van der Waals surface area (Å²) in [5.41, 5.74) is 1.08. The van der Waals surface area contributed by atoms with E-state index < -0.39 is 0 Å². The van der Waals surface area contributed by atoms with Crippen molar-refractivity contribution in [1.29, 1.82) is 0 Å². The van der Waals surface area contributed by atoms with Crippen LogP contribution in [0.1, 0.15) is 25.0 Å². The van der Waals surface area contributed by atoms with Gasteiger partial charge in [-0.05, 0) is 31.2 Å². The van der Waals surface area contributed by atoms with Crippen molar-refractivity contribution in [2.75, 3.05) is 19.8 Å². The van der Waals surface area contributed by atoms with E-state index in [4.69, 9.17) is 4.74 Å². The first-order valence-electron chi connectivity index (χ1n) is 7.68. The van der Waals surface area contributed by atoms with Gasteiger partial charge in [0, 0.05) is 38.5 Å². The minimum atomic E-state index is 0.108. The number of ether oxygens (including phenoxy) is 1. The number of hydrogen-bond donors (Lipinski definition) is 1. The lowest BCUT2D eigenvalue weighted by molar-refractivity contribution is -0.143. The molecule has 1 aromatic heterocycles. The summed E-state index contributed by atoms with van der Waals surface area (Å²) in [7, 11) is 1.90. The topological polar surface area (TPSA) is 67.6 Å². The van der Waals surface area contributed by atoms with Crippen LogP contribution in [0.25, 0.3) is 0 Å². The van der Waals surface area contributed by atoms with E-state index >= 15 is 0 Å². The van der Waals surface area contributed by atoms with Gasteiger partial charge in [-0.1, -0.05) is 0 Å². The number of aryl methyl sites for hydroxylation is 2. The van der Waals surface area contributed by atoms with Gasteiger partial charge >= 0.3 is 0 Å². The first-order chi connectivity index (χ1) is 10.2. The number of rotatable bonds is 4. The number of nitrogens with zero attached hydrogens (tertiary/aromatic N) is 3. The average molecular weight is 293 g/mol. The van der Waals surface area contributed by atoms with Crippen LogP contribution in [0.4, 0.5) is 0 Å². The van der Waals surface area contributed by atoms with Crippen molar-refractivity contribution in [3.05, 3.63) is 18.0 Å². The molecule has 0 aromatic carbocycles. The van der Waals surface area contributed by atoms with Crippen LogP contribution in [0.3, 0.4) is 0 Å². The van der Waals surface area contributed by atoms with Gasteiger partial charge in [-0.15, -0.1) is 0 Å². The zero-order chi connectivity index (χ0) is 14.8. The third-order valence-electron chi connectivity index (χ3n) is 4.73. The lowest BCUT2D eigenvalue weighted by atomic mass is 10.1. The van der Waals surface area contributed by atoms with Gasteiger partial charge in [0.1, 0.15) is 0 Å². The predicted octanol–water partition coefficient (Wildman–Crippen LogP) is 0.351. The molecule has 2 aliphatic rings. The minimum Gasteiger partial charge on any atom is -0.396 e. The standard InChI is InChI=1S/C15H23N3O3/c1-17-12(4-5-16-17)2-3-15(20)18-6-7-21-14-9-11(10-19)8-13(14)18/h4-5,11,13-14,19H,2-3,6-10H2,1H3/t11-,13+,14?/m1/s1. The van der Waals surface area contributed by atoms with Crippen LogP contribution in [0, 0.1) is 5.92 Å². The molecule has 0 spiro atoms. The Balaban J connectivity index is 1.60. The van der Waals surface area contributed by atoms with Crippen LogP contribution in [-0.2, 0) is 23.0 Å². The molecule has 1 aliphatic heterocycles. The molecule has 6 heteroatoms. The van der Waals surface area contributed by atoms with E-state index in [2.05, 4.69) is 5.10 Å². The Hall–Kier alpha value is -1.40. The Morgan fingerprint density at radius 2 is 2.38 bits per heavy atom. The molecular weight excluding hydrogens is 270 g/mol. The molecule has 1 N–H and O–H groups in total. The third kappa shape index (κ3) is 2.96. The Bertz CT molecular complexity index is 502. The number of amides is 1. The van der Waals surface area contributed by atoms with Gasteiger partial charge in [-0.2, -0.15) is 5.10 Å². The van der Waals surface area contributed by atoms with Crippen LogP contribution in [0.15, 0.2) is 12.3 Å². The highest BCUT2D eigenvalue weighted by molar-refractivity contribution is 5.77. The lowest BCUT2D eigenvalue weighted by Gasteiger charge is -2.37. The maximum Gasteiger partial charge on any atom is 0.223 e. The number of carbonyl (C=O) groups excluding carboxylic acids is 1. The number of fused-ring (bicyclic) bond motifs is 1. The van der Waals surface area contributed by atoms with Gasteiger partial charge in [0.05, 0.1) is 18.8 Å². The Labute approximate surface area is 124 Å². The fourth-order valence-electron chi connectivity index (χ4n) is 3.53. The smallest absolute Gasteiger partial charge is 0.223 e. The Morgan fingerprint density at radius 1 is 1.52 bits per heavy atom. The summed E-state index contributed by atoms with van der Waals surface area (Å²) in [6, 6.07) is 2.10. The van der Waals surface area contributed by atoms with Crippen molar-refractivity contribution in [2.24, 2.45) is 13.0 Å². The molecule has 1 amide bonds. The summed E-state index contributed by atoms with van der Waals surface area (Å²) in [6.07, 6.45) is 4.81. The predicted molar refractivity (Wildman–Crippen MR) is 76.6 cm³/mol. The quantitative estimate of drug-likeness (QED) is 0.870. The fraction of sp³-hybridized carbons (Fsp3) is 0.733. The largest absolute Gasteiger partial charge is 0.396 e. The van der Waals surface area contributed by atoms with Crippen LogP contribution < -0.4 is 0 Å². The average Bonchev–Trinajstić information content (AvgIpc) is 3.09. The molecule has 3 rings (SSSR count). The normalized spacial score (nSPS) is 28.7. The third-order valence-corrected chi connectivity index (χ3v) is 4.73. The highest BCUT2D eigenvalue weighted by atomic mass is 16.5. The van der Waals surface area contributed by atoms with Crippen LogP contribution in [-0.4, -0.2) is 57.6 Å². The van der Waals surface area contributed by atoms with Crippen molar-refractivity contribution in [2.45, 2.75) is 37.8 Å². The molecular formula is C15H23N3O3. The molecule has 1 unspecified atom stereocenters. The van der Waals surface area contributed by atoms with Gasteiger partial charge in [-0.25, -0.2) is 0 Å². The van der Waals surface area contributed by atoms with E-state index in [9.17, 15) is 9.90 Å². The highest BCUT2D eigenvalue weighted by Crippen LogP contribution is 2.34. The zero-order valence-corrected chi connectivity index (χ0v) is 12.4. The maximum absolute atomic E-state index is 12.5. The summed E-state index contributed by atoms with van der Waals surface area (Å²) < 4.78 is 7.58. The maximum atomic E-state index is 12.5. The van der Waals surface area contributed by atoms with Crippen molar-refractivity contribution in [3.63, 3.8) is 0 Å². The van der Waals surface area contributed by atoms with Crippen molar-refractivity contribution >= 4 is 5.91 Å². The number of morpholine rings is 1. The van der Waals surface area contributed by atoms with Gasteiger partial charge < -0.3 is 14.7 Å². The molecule has 6 nitrogen and oxygen atoms in total. The Kier molecular flexibility index (Phi) is 4.26. The molecule has 3 atom stereocenters. The van der Waals surface area contributed by atoms with Crippen LogP contribution in [0.2, 0.25) is 0 Å². The van der Waals surface area contributed by atoms with E-state index in [1.807, 2.05) is 22.7 Å². The highest BCUT2D eigenvalue weighted by Gasteiger charge is 2.42. The summed E-state index contributed by atoms with van der Waals surface area (Å²) in [5, 5.41) is 13.5. The van der Waals surface area contributed by atoms with Crippen LogP contribution >= 0.6 is 0 Å². The number of aromatic nitrogens is 2. The van der Waals surface area contributed by atoms with Gasteiger partial charge in [-0.3, -0.25) is 9.48 Å². The second-order valence-corrected chi connectivity index (χ2v) is 6.03. The van der Waals surface area contributed by atoms with E-state index in [1.165, 1.54) is 0 Å². The lowest BCUT2D eigenvalue weighted by Crippen LogP contribution is -2.51. The SMILES string of the molecule is Cn1nccc1CCC(=O)N1CCOC2C[C@H](CO)C[C@@H]21. The van der Waals surface area contributed by atoms with Gasteiger partial charge in [0.2, 0.25) is 5.91 Å². The minimum absolute atomic E-state index is 0.108. The summed E-state index contributed by atoms with van der Waals surface area (Å²) in [4.78, 5) is 14.5. The van der Waals surface area contributed by atoms with Gasteiger partial charge in [0.25, 0.3) is 0 Å². The monoisotopic (exact) mass is 293 g/mol. The summed E-state index contributed by atoms with van der Waals surface area (Å²) in [5.74, 6) is 0.457. The number of carbonyl (C=O) groups is 1. The van der Waals surface area contributed by atoms with E-state index in [-0.39, 0.29) is 30.6 Å². The first kappa shape index (κ1) is 14.5. The van der Waals surface area contributed by atoms with Crippen LogP contribution in [0.5, 0.6) is 0 Å². The Morgan fingerprint density at radius 3 is 3.10 bits per heavy atom. The summed E-state index contributed by atoms with van der Waals surface area (Å²) >= 11 is 0. The van der Waals surface area contributed by atoms with Gasteiger partial charge in [0.15, 0.2) is 0 Å². The first-order valence-corrected chi connectivity index (χ1v) is 7.68. The number of aliphatic hydroxyl groups is 1. The molecule has 2 heterocycles. The van der Waals surface area contributed by atoms with E-state index in [1.54, 1.807) is 6.20 Å². The molecule has 1 saturated heterocycles. The van der Waals surface area contributed by atoms with Crippen molar-refractivity contribution < 1.29 is 14.6 Å². The molecule has 2 fully saturated rings. The summed E-state index contributed by atoms with van der Waals surface area (Å²) in [6.45, 7) is 1.47. The number of hydrogen-bond acceptors (Lipinski definition) is 4. The molecule has 1 aliphatic carbocycles. The molecule has 1 saturated carbocycles.